The molecule has 0 spiro atoms. The predicted octanol–water partition coefficient (Wildman–Crippen LogP) is 17.3. The minimum atomic E-state index is -0.982. The molecule has 1 aliphatic rings. The van der Waals surface area contributed by atoms with Gasteiger partial charge >= 0.3 is 11.9 Å². The van der Waals surface area contributed by atoms with Gasteiger partial charge in [0.2, 0.25) is 0 Å². The van der Waals surface area contributed by atoms with Crippen LogP contribution >= 0.6 is 0 Å². The van der Waals surface area contributed by atoms with Gasteiger partial charge < -0.3 is 33.7 Å². The fourth-order valence-electron chi connectivity index (χ4n) is 8.81. The number of esters is 2. The van der Waals surface area contributed by atoms with E-state index in [9.17, 15) is 14.7 Å². The Morgan fingerprint density at radius 1 is 0.479 bits per heavy atom. The highest BCUT2D eigenvalue weighted by Crippen LogP contribution is 2.30. The zero-order chi connectivity index (χ0) is 52.9. The average molecular weight is 1020 g/mol. The highest BCUT2D eigenvalue weighted by atomic mass is 16.7. The van der Waals surface area contributed by atoms with E-state index in [1.807, 2.05) is 14.1 Å². The molecule has 0 radical (unpaired) electrons. The lowest BCUT2D eigenvalue weighted by atomic mass is 10.1. The van der Waals surface area contributed by atoms with Crippen molar-refractivity contribution in [3.05, 3.63) is 72.9 Å². The van der Waals surface area contributed by atoms with Gasteiger partial charge in [-0.3, -0.25) is 9.59 Å². The van der Waals surface area contributed by atoms with Crippen molar-refractivity contribution >= 4 is 11.9 Å². The number of nitrogens with zero attached hydrogens (tertiary/aromatic N) is 1. The number of carbonyl (C=O) groups excluding carboxylic acids is 2. The maximum atomic E-state index is 13.5. The quantitative estimate of drug-likeness (QED) is 0.0276. The van der Waals surface area contributed by atoms with Gasteiger partial charge in [-0.25, -0.2) is 0 Å². The summed E-state index contributed by atoms with van der Waals surface area (Å²) in [6, 6.07) is 0. The molecule has 9 nitrogen and oxygen atoms in total. The maximum Gasteiger partial charge on any atom is 0.306 e. The van der Waals surface area contributed by atoms with Crippen LogP contribution in [0, 0.1) is 0 Å². The first-order valence-electron chi connectivity index (χ1n) is 30.3. The lowest BCUT2D eigenvalue weighted by Crippen LogP contribution is -2.42. The Morgan fingerprint density at radius 2 is 0.849 bits per heavy atom. The molecule has 1 heterocycles. The summed E-state index contributed by atoms with van der Waals surface area (Å²) < 4.78 is 30.9. The second-order valence-corrected chi connectivity index (χ2v) is 20.7. The topological polar surface area (TPSA) is 104 Å². The van der Waals surface area contributed by atoms with E-state index in [0.29, 0.717) is 13.0 Å². The average Bonchev–Trinajstić information content (AvgIpc) is 3.69. The Hall–Kier alpha value is -2.82. The van der Waals surface area contributed by atoms with Crippen LogP contribution in [0.1, 0.15) is 258 Å². The van der Waals surface area contributed by atoms with E-state index in [2.05, 4.69) is 98.6 Å². The first-order valence-corrected chi connectivity index (χ1v) is 30.3. The molecule has 1 rings (SSSR count). The van der Waals surface area contributed by atoms with Gasteiger partial charge in [-0.2, -0.15) is 0 Å². The van der Waals surface area contributed by atoms with Crippen molar-refractivity contribution in [1.82, 2.24) is 4.90 Å². The highest BCUT2D eigenvalue weighted by Gasteiger charge is 2.50. The summed E-state index contributed by atoms with van der Waals surface area (Å²) in [6.45, 7) is 7.91. The van der Waals surface area contributed by atoms with Gasteiger partial charge in [0.1, 0.15) is 6.10 Å². The van der Waals surface area contributed by atoms with Crippen LogP contribution in [0.2, 0.25) is 0 Å². The smallest absolute Gasteiger partial charge is 0.306 e. The summed E-state index contributed by atoms with van der Waals surface area (Å²) in [5.74, 6) is -0.697. The zero-order valence-corrected chi connectivity index (χ0v) is 47.9. The van der Waals surface area contributed by atoms with Gasteiger partial charge in [-0.15, -0.1) is 0 Å². The van der Waals surface area contributed by atoms with Crippen molar-refractivity contribution in [2.24, 2.45) is 0 Å². The molecule has 0 aromatic carbocycles. The number of rotatable bonds is 52. The molecule has 1 unspecified atom stereocenters. The third kappa shape index (κ3) is 44.1. The molecular formula is C64H113NO8. The minimum absolute atomic E-state index is 0.0143. The second kappa shape index (κ2) is 52.6. The number of aliphatic hydroxyl groups is 1. The Balaban J connectivity index is 2.74. The number of hydrogen-bond donors (Lipinski definition) is 1. The largest absolute Gasteiger partial charge is 0.455 e. The summed E-state index contributed by atoms with van der Waals surface area (Å²) in [5, 5.41) is 10.9. The van der Waals surface area contributed by atoms with E-state index in [1.54, 1.807) is 0 Å². The Morgan fingerprint density at radius 3 is 1.26 bits per heavy atom. The molecule has 1 saturated heterocycles. The van der Waals surface area contributed by atoms with Crippen molar-refractivity contribution in [2.45, 2.75) is 289 Å². The molecule has 0 aromatic heterocycles. The summed E-state index contributed by atoms with van der Waals surface area (Å²) in [5.41, 5.74) is 0. The number of ether oxygens (including phenoxy) is 5. The first kappa shape index (κ1) is 68.2. The van der Waals surface area contributed by atoms with E-state index < -0.39 is 30.9 Å². The molecule has 5 atom stereocenters. The molecule has 0 saturated carbocycles. The van der Waals surface area contributed by atoms with E-state index in [0.717, 1.165) is 141 Å². The molecule has 1 fully saturated rings. The van der Waals surface area contributed by atoms with Gasteiger partial charge in [-0.1, -0.05) is 190 Å². The molecule has 1 aliphatic heterocycles. The standard InChI is InChI=1S/C64H113NO8/c1-6-9-12-15-18-21-24-27-30-33-36-39-42-45-48-52-59(66)70-57-58-62(72-60(67)53-49-46-43-40-37-34-31-28-25-22-19-16-13-10-7-2)63(64(71-58)69-56-51-55-65(4)5)73-61(68)54-50-47-44-41-38-35-32-29-26-23-20-17-14-11-8-3/h18-23,27-32,58-59,62-64,66H,6-17,24-26,33-57H2,1-5H3/b21-18-,22-19-,23-20-,30-27-,31-28-,32-29-/t58-,59?,62-,63-,64-/m1/s1. The number of unbranched alkanes of at least 4 members (excludes halogenated alkanes) is 24. The van der Waals surface area contributed by atoms with E-state index in [1.165, 1.54) is 83.5 Å². The zero-order valence-electron chi connectivity index (χ0n) is 47.9. The van der Waals surface area contributed by atoms with Crippen LogP contribution in [-0.2, 0) is 33.3 Å². The van der Waals surface area contributed by atoms with Gasteiger partial charge in [-0.05, 0) is 149 Å². The maximum absolute atomic E-state index is 13.5. The van der Waals surface area contributed by atoms with Crippen LogP contribution in [0.25, 0.3) is 0 Å². The van der Waals surface area contributed by atoms with E-state index in [-0.39, 0.29) is 31.4 Å². The van der Waals surface area contributed by atoms with E-state index in [4.69, 9.17) is 23.7 Å². The lowest BCUT2D eigenvalue weighted by Gasteiger charge is -2.25. The van der Waals surface area contributed by atoms with Crippen molar-refractivity contribution in [3.63, 3.8) is 0 Å². The summed E-state index contributed by atoms with van der Waals surface area (Å²) >= 11 is 0. The SMILES string of the molecule is CCCCC/C=C\C/C=C\CCCCCCCC(=O)O[C@H]1[C@H](OCCCN(C)C)O[C@H](COC(O)CCCCCCC/C=C\C/C=C\CCCCC)[C@H]1OC(=O)CCCCCCC/C=C\C/C=C\CCCCC. The van der Waals surface area contributed by atoms with Gasteiger partial charge in [0.15, 0.2) is 24.8 Å². The molecular weight excluding hydrogens is 911 g/mol. The summed E-state index contributed by atoms with van der Waals surface area (Å²) in [4.78, 5) is 29.1. The number of hydrogen-bond acceptors (Lipinski definition) is 9. The third-order valence-electron chi connectivity index (χ3n) is 13.4. The Kier molecular flexibility index (Phi) is 49.2. The lowest BCUT2D eigenvalue weighted by molar-refractivity contribution is -0.196. The fourth-order valence-corrected chi connectivity index (χ4v) is 8.81. The molecule has 0 amide bonds. The van der Waals surface area contributed by atoms with E-state index >= 15 is 0 Å². The van der Waals surface area contributed by atoms with Crippen LogP contribution in [0.3, 0.4) is 0 Å². The Labute approximate surface area is 449 Å². The van der Waals surface area contributed by atoms with Crippen LogP contribution in [0.5, 0.6) is 0 Å². The summed E-state index contributed by atoms with van der Waals surface area (Å²) in [6.07, 6.45) is 61.4. The first-order chi connectivity index (χ1) is 35.8. The van der Waals surface area contributed by atoms with Crippen molar-refractivity contribution in [2.75, 3.05) is 33.9 Å². The molecule has 0 aromatic rings. The number of carbonyl (C=O) groups is 2. The van der Waals surface area contributed by atoms with Crippen LogP contribution in [0.15, 0.2) is 72.9 Å². The van der Waals surface area contributed by atoms with Crippen molar-refractivity contribution in [3.8, 4) is 0 Å². The molecule has 422 valence electrons. The third-order valence-corrected chi connectivity index (χ3v) is 13.4. The van der Waals surface area contributed by atoms with Gasteiger partial charge in [0, 0.05) is 12.8 Å². The highest BCUT2D eigenvalue weighted by molar-refractivity contribution is 5.70. The molecule has 0 bridgehead atoms. The summed E-state index contributed by atoms with van der Waals surface area (Å²) in [7, 11) is 4.03. The van der Waals surface area contributed by atoms with Crippen molar-refractivity contribution < 1.29 is 38.4 Å². The normalized spacial score (nSPS) is 17.9. The van der Waals surface area contributed by atoms with Gasteiger partial charge in [0.05, 0.1) is 13.2 Å². The fraction of sp³-hybridized carbons (Fsp3) is 0.781. The van der Waals surface area contributed by atoms with Gasteiger partial charge in [0.25, 0.3) is 0 Å². The van der Waals surface area contributed by atoms with Crippen LogP contribution in [0.4, 0.5) is 0 Å². The van der Waals surface area contributed by atoms with Crippen LogP contribution < -0.4 is 0 Å². The number of aliphatic hydroxyl groups excluding tert-OH is 1. The van der Waals surface area contributed by atoms with Crippen LogP contribution in [-0.4, -0.2) is 86.7 Å². The van der Waals surface area contributed by atoms with Crippen molar-refractivity contribution in [1.29, 1.82) is 0 Å². The monoisotopic (exact) mass is 1020 g/mol. The Bertz CT molecular complexity index is 1420. The molecule has 0 aliphatic carbocycles. The second-order valence-electron chi connectivity index (χ2n) is 20.7. The minimum Gasteiger partial charge on any atom is -0.455 e. The predicted molar refractivity (Wildman–Crippen MR) is 308 cm³/mol. The molecule has 73 heavy (non-hydrogen) atoms. The molecule has 1 N–H and O–H groups in total. The number of allylic oxidation sites excluding steroid dienone is 12. The molecule has 9 heteroatoms.